The number of hydrogen-bond acceptors (Lipinski definition) is 4. The number of carbonyl (C=O) groups excluding carboxylic acids is 1. The molecule has 112 valence electrons. The van der Waals surface area contributed by atoms with Gasteiger partial charge in [-0.1, -0.05) is 0 Å². The highest BCUT2D eigenvalue weighted by Gasteiger charge is 2.33. The maximum Gasteiger partial charge on any atom is 0.326 e. The van der Waals surface area contributed by atoms with Gasteiger partial charge in [-0.15, -0.1) is 0 Å². The molecule has 1 fully saturated rings. The predicted octanol–water partition coefficient (Wildman–Crippen LogP) is 1.98. The molecule has 0 aromatic heterocycles. The van der Waals surface area contributed by atoms with Gasteiger partial charge in [0.15, 0.2) is 0 Å². The molecule has 1 N–H and O–H groups in total. The van der Waals surface area contributed by atoms with Crippen LogP contribution in [0.5, 0.6) is 0 Å². The van der Waals surface area contributed by atoms with Gasteiger partial charge in [-0.05, 0) is 37.8 Å². The molecule has 0 saturated carbocycles. The summed E-state index contributed by atoms with van der Waals surface area (Å²) in [7, 11) is 0. The second-order valence-electron chi connectivity index (χ2n) is 5.10. The smallest absolute Gasteiger partial charge is 0.326 e. The van der Waals surface area contributed by atoms with E-state index in [1.54, 1.807) is 6.92 Å². The number of nitro benzene ring substituents is 1. The van der Waals surface area contributed by atoms with Gasteiger partial charge in [-0.25, -0.2) is 4.79 Å². The molecule has 1 aliphatic rings. The minimum absolute atomic E-state index is 0.0857. The highest BCUT2D eigenvalue weighted by molar-refractivity contribution is 5.98. The molecule has 0 aliphatic carbocycles. The van der Waals surface area contributed by atoms with Gasteiger partial charge in [0.25, 0.3) is 11.6 Å². The van der Waals surface area contributed by atoms with Crippen LogP contribution in [0.15, 0.2) is 18.2 Å². The van der Waals surface area contributed by atoms with E-state index in [1.807, 2.05) is 0 Å². The fraction of sp³-hybridized carbons (Fsp3) is 0.429. The van der Waals surface area contributed by atoms with E-state index in [9.17, 15) is 24.8 Å². The van der Waals surface area contributed by atoms with Crippen molar-refractivity contribution in [1.29, 1.82) is 0 Å². The van der Waals surface area contributed by atoms with Gasteiger partial charge >= 0.3 is 5.97 Å². The number of nitrogens with zero attached hydrogens (tertiary/aromatic N) is 2. The number of non-ortho nitro benzene ring substituents is 1. The number of benzene rings is 1. The minimum atomic E-state index is -1.01. The Bertz CT molecular complexity index is 599. The van der Waals surface area contributed by atoms with Crippen molar-refractivity contribution in [2.75, 3.05) is 6.54 Å². The van der Waals surface area contributed by atoms with E-state index in [0.29, 0.717) is 24.1 Å². The zero-order valence-electron chi connectivity index (χ0n) is 11.6. The fourth-order valence-electron chi connectivity index (χ4n) is 2.59. The van der Waals surface area contributed by atoms with Crippen molar-refractivity contribution in [3.8, 4) is 0 Å². The lowest BCUT2D eigenvalue weighted by Crippen LogP contribution is -2.48. The summed E-state index contributed by atoms with van der Waals surface area (Å²) >= 11 is 0. The standard InChI is InChI=1S/C14H16N2O5/c1-9-8-10(16(20)21)5-6-11(9)13(17)15-7-3-2-4-12(15)14(18)19/h5-6,8,12H,2-4,7H2,1H3,(H,18,19)/t12-/m1/s1. The highest BCUT2D eigenvalue weighted by atomic mass is 16.6. The Balaban J connectivity index is 2.30. The van der Waals surface area contributed by atoms with Crippen LogP contribution in [0.3, 0.4) is 0 Å². The summed E-state index contributed by atoms with van der Waals surface area (Å²) in [6.45, 7) is 2.01. The number of carboxylic acids is 1. The van der Waals surface area contributed by atoms with Crippen molar-refractivity contribution in [2.24, 2.45) is 0 Å². The van der Waals surface area contributed by atoms with Crippen LogP contribution in [-0.4, -0.2) is 39.4 Å². The first kappa shape index (κ1) is 15.0. The van der Waals surface area contributed by atoms with E-state index in [0.717, 1.165) is 12.8 Å². The van der Waals surface area contributed by atoms with E-state index in [4.69, 9.17) is 0 Å². The van der Waals surface area contributed by atoms with Crippen LogP contribution in [0.2, 0.25) is 0 Å². The summed E-state index contributed by atoms with van der Waals surface area (Å²) in [5, 5.41) is 19.9. The first-order valence-corrected chi connectivity index (χ1v) is 6.70. The summed E-state index contributed by atoms with van der Waals surface area (Å²) in [5.41, 5.74) is 0.704. The summed E-state index contributed by atoms with van der Waals surface area (Å²) in [6, 6.07) is 3.16. The third-order valence-electron chi connectivity index (χ3n) is 3.70. The molecule has 0 unspecified atom stereocenters. The molecule has 1 amide bonds. The van der Waals surface area contributed by atoms with Crippen molar-refractivity contribution in [2.45, 2.75) is 32.2 Å². The molecule has 1 heterocycles. The molecule has 1 atom stereocenters. The molecule has 2 rings (SSSR count). The average molecular weight is 292 g/mol. The second-order valence-corrected chi connectivity index (χ2v) is 5.10. The van der Waals surface area contributed by atoms with Crippen LogP contribution in [0, 0.1) is 17.0 Å². The van der Waals surface area contributed by atoms with Crippen LogP contribution in [0.1, 0.15) is 35.2 Å². The number of aliphatic carboxylic acids is 1. The van der Waals surface area contributed by atoms with Crippen LogP contribution in [0.4, 0.5) is 5.69 Å². The molecule has 7 heteroatoms. The quantitative estimate of drug-likeness (QED) is 0.678. The Labute approximate surface area is 121 Å². The monoisotopic (exact) mass is 292 g/mol. The first-order valence-electron chi connectivity index (χ1n) is 6.70. The Morgan fingerprint density at radius 3 is 2.67 bits per heavy atom. The molecule has 1 aromatic carbocycles. The first-order chi connectivity index (χ1) is 9.91. The summed E-state index contributed by atoms with van der Waals surface area (Å²) < 4.78 is 0. The molecule has 0 spiro atoms. The molecule has 0 radical (unpaired) electrons. The zero-order chi connectivity index (χ0) is 15.6. The molecule has 1 aromatic rings. The lowest BCUT2D eigenvalue weighted by Gasteiger charge is -2.33. The normalized spacial score (nSPS) is 18.3. The van der Waals surface area contributed by atoms with Gasteiger partial charge in [0, 0.05) is 24.2 Å². The Morgan fingerprint density at radius 2 is 2.10 bits per heavy atom. The number of piperidine rings is 1. The number of amides is 1. The van der Waals surface area contributed by atoms with E-state index in [2.05, 4.69) is 0 Å². The summed E-state index contributed by atoms with van der Waals surface area (Å²) in [6.07, 6.45) is 1.98. The molecular weight excluding hydrogens is 276 g/mol. The SMILES string of the molecule is Cc1cc([N+](=O)[O-])ccc1C(=O)N1CCCC[C@@H]1C(=O)O. The number of carbonyl (C=O) groups is 2. The van der Waals surface area contributed by atoms with Gasteiger partial charge in [0.1, 0.15) is 6.04 Å². The van der Waals surface area contributed by atoms with Crippen LogP contribution < -0.4 is 0 Å². The van der Waals surface area contributed by atoms with Crippen molar-refractivity contribution in [3.05, 3.63) is 39.4 Å². The molecule has 7 nitrogen and oxygen atoms in total. The maximum absolute atomic E-state index is 12.5. The van der Waals surface area contributed by atoms with Crippen LogP contribution in [0.25, 0.3) is 0 Å². The highest BCUT2D eigenvalue weighted by Crippen LogP contribution is 2.23. The number of likely N-dealkylation sites (tertiary alicyclic amines) is 1. The molecule has 0 bridgehead atoms. The van der Waals surface area contributed by atoms with Gasteiger partial charge in [0.2, 0.25) is 0 Å². The maximum atomic E-state index is 12.5. The van der Waals surface area contributed by atoms with E-state index in [1.165, 1.54) is 23.1 Å². The summed E-state index contributed by atoms with van der Waals surface area (Å²) in [4.78, 5) is 35.3. The lowest BCUT2D eigenvalue weighted by atomic mass is 9.99. The zero-order valence-corrected chi connectivity index (χ0v) is 11.6. The number of aryl methyl sites for hydroxylation is 1. The third-order valence-corrected chi connectivity index (χ3v) is 3.70. The molecule has 21 heavy (non-hydrogen) atoms. The van der Waals surface area contributed by atoms with Gasteiger partial charge < -0.3 is 10.0 Å². The van der Waals surface area contributed by atoms with E-state index >= 15 is 0 Å². The van der Waals surface area contributed by atoms with E-state index < -0.39 is 16.9 Å². The second kappa shape index (κ2) is 5.90. The molecular formula is C14H16N2O5. The van der Waals surface area contributed by atoms with Crippen molar-refractivity contribution in [1.82, 2.24) is 4.90 Å². The molecule has 1 saturated heterocycles. The number of hydrogen-bond donors (Lipinski definition) is 1. The fourth-order valence-corrected chi connectivity index (χ4v) is 2.59. The Morgan fingerprint density at radius 1 is 1.38 bits per heavy atom. The summed E-state index contributed by atoms with van der Waals surface area (Å²) in [5.74, 6) is -1.39. The van der Waals surface area contributed by atoms with Crippen LogP contribution >= 0.6 is 0 Å². The largest absolute Gasteiger partial charge is 0.480 e. The number of carboxylic acid groups (broad SMARTS) is 1. The Kier molecular flexibility index (Phi) is 4.21. The van der Waals surface area contributed by atoms with Gasteiger partial charge in [-0.2, -0.15) is 0 Å². The third kappa shape index (κ3) is 3.01. The van der Waals surface area contributed by atoms with Crippen LogP contribution in [-0.2, 0) is 4.79 Å². The topological polar surface area (TPSA) is 101 Å². The number of rotatable bonds is 3. The Hall–Kier alpha value is -2.44. The predicted molar refractivity (Wildman–Crippen MR) is 74.1 cm³/mol. The van der Waals surface area contributed by atoms with Gasteiger partial charge in [-0.3, -0.25) is 14.9 Å². The average Bonchev–Trinajstić information content (AvgIpc) is 2.46. The van der Waals surface area contributed by atoms with Crippen molar-refractivity contribution >= 4 is 17.6 Å². The molecule has 1 aliphatic heterocycles. The van der Waals surface area contributed by atoms with E-state index in [-0.39, 0.29) is 11.6 Å². The lowest BCUT2D eigenvalue weighted by molar-refractivity contribution is -0.384. The van der Waals surface area contributed by atoms with Crippen molar-refractivity contribution in [3.63, 3.8) is 0 Å². The minimum Gasteiger partial charge on any atom is -0.480 e. The number of nitro groups is 1. The van der Waals surface area contributed by atoms with Gasteiger partial charge in [0.05, 0.1) is 4.92 Å². The van der Waals surface area contributed by atoms with Crippen molar-refractivity contribution < 1.29 is 19.6 Å².